The minimum absolute atomic E-state index is 0.158. The molecule has 0 amide bonds. The maximum absolute atomic E-state index is 13.6. The first-order chi connectivity index (χ1) is 16.8. The summed E-state index contributed by atoms with van der Waals surface area (Å²) < 4.78 is 17.4. The largest absolute Gasteiger partial charge is 0.269 e. The maximum atomic E-state index is 13.6. The zero-order chi connectivity index (χ0) is 28.9. The van der Waals surface area contributed by atoms with Gasteiger partial charge in [0.05, 0.1) is 17.1 Å². The second-order valence-electron chi connectivity index (χ2n) is 12.9. The molecule has 0 fully saturated rings. The Bertz CT molecular complexity index is 1070. The third-order valence-electron chi connectivity index (χ3n) is 6.03. The summed E-state index contributed by atoms with van der Waals surface area (Å²) in [4.78, 5) is 3.00. The molecule has 0 atom stereocenters. The predicted molar refractivity (Wildman–Crippen MR) is 160 cm³/mol. The van der Waals surface area contributed by atoms with Crippen LogP contribution in [0.5, 0.6) is 0 Å². The molecule has 0 unspecified atom stereocenters. The predicted octanol–water partition coefficient (Wildman–Crippen LogP) is 9.07. The minimum Gasteiger partial charge on any atom is -0.269 e. The van der Waals surface area contributed by atoms with E-state index in [0.29, 0.717) is 16.8 Å². The summed E-state index contributed by atoms with van der Waals surface area (Å²) in [5.41, 5.74) is 5.51. The molecule has 0 saturated carbocycles. The van der Waals surface area contributed by atoms with E-state index in [-0.39, 0.29) is 16.6 Å². The molecule has 3 aromatic heterocycles. The van der Waals surface area contributed by atoms with Gasteiger partial charge in [0.25, 0.3) is 0 Å². The molecule has 0 spiro atoms. The molecular weight excluding hydrogens is 479 g/mol. The van der Waals surface area contributed by atoms with Gasteiger partial charge in [0.1, 0.15) is 0 Å². The van der Waals surface area contributed by atoms with Crippen LogP contribution in [-0.2, 0) is 35.8 Å². The molecule has 0 N–H and O–H groups in total. The van der Waals surface area contributed by atoms with Gasteiger partial charge in [-0.05, 0) is 64.2 Å². The van der Waals surface area contributed by atoms with Gasteiger partial charge in [0, 0.05) is 39.4 Å². The van der Waals surface area contributed by atoms with Crippen molar-refractivity contribution < 1.29 is 4.39 Å². The van der Waals surface area contributed by atoms with Gasteiger partial charge in [-0.25, -0.2) is 4.39 Å². The highest BCUT2D eigenvalue weighted by atomic mass is 32.1. The molecule has 3 rings (SSSR count). The number of halogens is 1. The molecule has 0 aliphatic carbocycles. The average Bonchev–Trinajstić information content (AvgIpc) is 3.42. The van der Waals surface area contributed by atoms with Gasteiger partial charge in [0.15, 0.2) is 5.82 Å². The monoisotopic (exact) mass is 532 g/mol. The number of nitrogens with zero attached hydrogens (tertiary/aromatic N) is 4. The Morgan fingerprint density at radius 1 is 0.757 bits per heavy atom. The summed E-state index contributed by atoms with van der Waals surface area (Å²) >= 11 is 1.95. The van der Waals surface area contributed by atoms with Crippen LogP contribution in [0.15, 0.2) is 12.1 Å². The summed E-state index contributed by atoms with van der Waals surface area (Å²) in [6.45, 7) is 33.5. The van der Waals surface area contributed by atoms with Crippen molar-refractivity contribution in [2.24, 2.45) is 0 Å². The van der Waals surface area contributed by atoms with E-state index in [1.807, 2.05) is 46.0 Å². The molecule has 0 aliphatic rings. The van der Waals surface area contributed by atoms with Gasteiger partial charge in [-0.15, -0.1) is 11.3 Å². The lowest BCUT2D eigenvalue weighted by molar-refractivity contribution is 0.465. The Morgan fingerprint density at radius 2 is 1.30 bits per heavy atom. The molecule has 0 aromatic carbocycles. The Morgan fingerprint density at radius 3 is 1.62 bits per heavy atom. The van der Waals surface area contributed by atoms with E-state index in [9.17, 15) is 4.39 Å². The third-order valence-corrected chi connectivity index (χ3v) is 7.55. The van der Waals surface area contributed by atoms with Crippen LogP contribution in [0.4, 0.5) is 4.39 Å². The number of hydrogen-bond acceptors (Lipinski definition) is 3. The molecule has 0 saturated heterocycles. The summed E-state index contributed by atoms with van der Waals surface area (Å²) in [5.74, 6) is -0.158. The van der Waals surface area contributed by atoms with E-state index in [1.165, 1.54) is 16.1 Å². The zero-order valence-corrected chi connectivity index (χ0v) is 27.2. The molecule has 4 nitrogen and oxygen atoms in total. The van der Waals surface area contributed by atoms with E-state index >= 15 is 0 Å². The summed E-state index contributed by atoms with van der Waals surface area (Å²) in [7, 11) is 0. The Hall–Kier alpha value is -1.95. The lowest BCUT2D eigenvalue weighted by Crippen LogP contribution is -2.19. The van der Waals surface area contributed by atoms with Crippen molar-refractivity contribution in [1.82, 2.24) is 19.6 Å². The van der Waals surface area contributed by atoms with Crippen molar-refractivity contribution in [3.63, 3.8) is 0 Å². The smallest absolute Gasteiger partial charge is 0.167 e. The molecule has 0 aliphatic heterocycles. The van der Waals surface area contributed by atoms with Crippen molar-refractivity contribution in [3.05, 3.63) is 56.0 Å². The van der Waals surface area contributed by atoms with Crippen LogP contribution in [0.2, 0.25) is 0 Å². The van der Waals surface area contributed by atoms with Crippen LogP contribution in [0, 0.1) is 26.6 Å². The molecule has 0 bridgehead atoms. The van der Waals surface area contributed by atoms with Crippen LogP contribution in [0.1, 0.15) is 121 Å². The lowest BCUT2D eigenvalue weighted by atomic mass is 9.91. The number of hydrogen-bond donors (Lipinski definition) is 0. The average molecular weight is 533 g/mol. The highest BCUT2D eigenvalue weighted by Gasteiger charge is 2.25. The molecule has 0 radical (unpaired) electrons. The quantitative estimate of drug-likeness (QED) is 0.337. The first kappa shape index (κ1) is 33.1. The normalized spacial score (nSPS) is 12.1. The van der Waals surface area contributed by atoms with E-state index in [1.54, 1.807) is 16.5 Å². The Labute approximate surface area is 230 Å². The highest BCUT2D eigenvalue weighted by Crippen LogP contribution is 2.33. The Kier molecular flexibility index (Phi) is 11.4. The molecule has 3 aromatic rings. The second kappa shape index (κ2) is 12.7. The van der Waals surface area contributed by atoms with Gasteiger partial charge in [0.2, 0.25) is 0 Å². The van der Waals surface area contributed by atoms with Crippen molar-refractivity contribution in [3.8, 4) is 0 Å². The SMILES string of the molecule is CCc1cc(C)sc1C(C)(C)C.CCn1nc(C)c(F)c1C(C)(C)C.CCn1nc(C)cc1C(C)(C)C. The minimum atomic E-state index is -0.179. The van der Waals surface area contributed by atoms with E-state index in [2.05, 4.69) is 89.3 Å². The van der Waals surface area contributed by atoms with Crippen LogP contribution >= 0.6 is 11.3 Å². The molecule has 210 valence electrons. The van der Waals surface area contributed by atoms with Gasteiger partial charge in [-0.2, -0.15) is 10.2 Å². The topological polar surface area (TPSA) is 35.6 Å². The number of thiophene rings is 1. The van der Waals surface area contributed by atoms with Crippen LogP contribution < -0.4 is 0 Å². The molecule has 3 heterocycles. The maximum Gasteiger partial charge on any atom is 0.167 e. The number of rotatable bonds is 3. The van der Waals surface area contributed by atoms with Gasteiger partial charge in [-0.1, -0.05) is 69.2 Å². The molecule has 37 heavy (non-hydrogen) atoms. The van der Waals surface area contributed by atoms with Gasteiger partial charge in [-0.3, -0.25) is 9.36 Å². The fraction of sp³-hybridized carbons (Fsp3) is 0.677. The second-order valence-corrected chi connectivity index (χ2v) is 14.1. The lowest BCUT2D eigenvalue weighted by Gasteiger charge is -2.19. The first-order valence-electron chi connectivity index (χ1n) is 13.7. The van der Waals surface area contributed by atoms with Gasteiger partial charge >= 0.3 is 0 Å². The number of aryl methyl sites for hydroxylation is 6. The fourth-order valence-corrected chi connectivity index (χ4v) is 5.52. The Balaban J connectivity index is 0.000000278. The van der Waals surface area contributed by atoms with Crippen molar-refractivity contribution in [1.29, 1.82) is 0 Å². The standard InChI is InChI=1S/C11H18S.C10H17FN2.C10H18N2/c1-6-9-7-8(2)12-10(9)11(3,4)5;1-6-13-9(10(3,4)5)8(11)7(2)12-13;1-6-12-9(10(3,4)5)7-8(2)11-12/h7H,6H2,1-5H3;6H2,1-5H3;7H,6H2,1-5H3. The summed E-state index contributed by atoms with van der Waals surface area (Å²) in [6.07, 6.45) is 1.16. The number of aromatic nitrogens is 4. The van der Waals surface area contributed by atoms with E-state index < -0.39 is 0 Å². The first-order valence-corrected chi connectivity index (χ1v) is 14.5. The zero-order valence-electron chi connectivity index (χ0n) is 26.4. The van der Waals surface area contributed by atoms with E-state index in [4.69, 9.17) is 0 Å². The highest BCUT2D eigenvalue weighted by molar-refractivity contribution is 7.12. The third kappa shape index (κ3) is 9.08. The molecule has 6 heteroatoms. The van der Waals surface area contributed by atoms with Crippen molar-refractivity contribution >= 4 is 11.3 Å². The molecular formula is C31H53FN4S. The summed E-state index contributed by atoms with van der Waals surface area (Å²) in [6, 6.07) is 4.49. The van der Waals surface area contributed by atoms with Crippen LogP contribution in [0.3, 0.4) is 0 Å². The van der Waals surface area contributed by atoms with Gasteiger partial charge < -0.3 is 0 Å². The van der Waals surface area contributed by atoms with Crippen LogP contribution in [-0.4, -0.2) is 19.6 Å². The fourth-order valence-electron chi connectivity index (χ4n) is 4.36. The van der Waals surface area contributed by atoms with E-state index in [0.717, 1.165) is 25.2 Å². The van der Waals surface area contributed by atoms with Crippen LogP contribution in [0.25, 0.3) is 0 Å². The van der Waals surface area contributed by atoms with Crippen molar-refractivity contribution in [2.45, 2.75) is 140 Å². The summed E-state index contributed by atoms with van der Waals surface area (Å²) in [5, 5.41) is 8.55. The van der Waals surface area contributed by atoms with Crippen molar-refractivity contribution in [2.75, 3.05) is 0 Å².